The lowest BCUT2D eigenvalue weighted by atomic mass is 10.0. The van der Waals surface area contributed by atoms with Crippen LogP contribution in [-0.4, -0.2) is 23.5 Å². The first-order valence-electron chi connectivity index (χ1n) is 10.8. The maximum atomic E-state index is 12.9. The van der Waals surface area contributed by atoms with Crippen LogP contribution in [0.4, 0.5) is 5.69 Å². The van der Waals surface area contributed by atoms with Crippen LogP contribution in [0, 0.1) is 6.92 Å². The van der Waals surface area contributed by atoms with Gasteiger partial charge in [-0.15, -0.1) is 0 Å². The summed E-state index contributed by atoms with van der Waals surface area (Å²) in [6, 6.07) is 21.3. The molecule has 34 heavy (non-hydrogen) atoms. The van der Waals surface area contributed by atoms with Crippen molar-refractivity contribution >= 4 is 40.1 Å². The lowest BCUT2D eigenvalue weighted by Crippen LogP contribution is -2.21. The summed E-state index contributed by atoms with van der Waals surface area (Å²) in [6.07, 6.45) is 0.690. The van der Waals surface area contributed by atoms with Gasteiger partial charge in [0.1, 0.15) is 11.5 Å². The number of pyridine rings is 1. The number of esters is 1. The van der Waals surface area contributed by atoms with E-state index in [1.54, 1.807) is 48.5 Å². The summed E-state index contributed by atoms with van der Waals surface area (Å²) in [6.45, 7) is 3.43. The number of carbonyl (C=O) groups is 2. The van der Waals surface area contributed by atoms with Gasteiger partial charge in [0, 0.05) is 21.8 Å². The van der Waals surface area contributed by atoms with Crippen LogP contribution < -0.4 is 10.1 Å². The van der Waals surface area contributed by atoms with Gasteiger partial charge in [0.15, 0.2) is 6.61 Å². The molecule has 4 aromatic rings. The lowest BCUT2D eigenvalue weighted by molar-refractivity contribution is -0.119. The van der Waals surface area contributed by atoms with Gasteiger partial charge in [-0.25, -0.2) is 4.79 Å². The van der Waals surface area contributed by atoms with Crippen LogP contribution in [0.3, 0.4) is 0 Å². The van der Waals surface area contributed by atoms with Gasteiger partial charge in [-0.3, -0.25) is 9.78 Å². The van der Waals surface area contributed by atoms with Crippen molar-refractivity contribution < 1.29 is 19.1 Å². The van der Waals surface area contributed by atoms with E-state index in [4.69, 9.17) is 21.1 Å². The van der Waals surface area contributed by atoms with E-state index in [9.17, 15) is 9.59 Å². The molecule has 1 aromatic heterocycles. The van der Waals surface area contributed by atoms with Crippen molar-refractivity contribution in [2.45, 2.75) is 20.3 Å². The van der Waals surface area contributed by atoms with E-state index in [-0.39, 0.29) is 0 Å². The van der Waals surface area contributed by atoms with Crippen LogP contribution >= 0.6 is 11.6 Å². The Morgan fingerprint density at radius 3 is 2.26 bits per heavy atom. The molecule has 0 aliphatic rings. The van der Waals surface area contributed by atoms with Crippen molar-refractivity contribution in [1.29, 1.82) is 0 Å². The first kappa shape index (κ1) is 23.3. The second kappa shape index (κ2) is 10.4. The predicted molar refractivity (Wildman–Crippen MR) is 133 cm³/mol. The Morgan fingerprint density at radius 2 is 1.59 bits per heavy atom. The number of amides is 1. The number of rotatable bonds is 7. The number of anilines is 1. The van der Waals surface area contributed by atoms with Crippen LogP contribution in [0.1, 0.15) is 28.5 Å². The van der Waals surface area contributed by atoms with Gasteiger partial charge < -0.3 is 14.8 Å². The summed E-state index contributed by atoms with van der Waals surface area (Å²) in [4.78, 5) is 29.9. The molecular formula is C27H23ClN2O4. The number of fused-ring (bicyclic) bond motifs is 1. The molecule has 1 amide bonds. The number of nitrogens with one attached hydrogen (secondary N) is 1. The Hall–Kier alpha value is -3.90. The highest BCUT2D eigenvalue weighted by Gasteiger charge is 2.19. The zero-order valence-electron chi connectivity index (χ0n) is 18.8. The molecule has 1 heterocycles. The highest BCUT2D eigenvalue weighted by molar-refractivity contribution is 6.30. The van der Waals surface area contributed by atoms with E-state index in [0.29, 0.717) is 39.6 Å². The minimum Gasteiger partial charge on any atom is -0.457 e. The third kappa shape index (κ3) is 5.35. The first-order valence-corrected chi connectivity index (χ1v) is 11.2. The van der Waals surface area contributed by atoms with Crippen molar-refractivity contribution in [3.63, 3.8) is 0 Å². The van der Waals surface area contributed by atoms with Crippen LogP contribution in [-0.2, 0) is 16.0 Å². The molecule has 1 N–H and O–H groups in total. The Labute approximate surface area is 202 Å². The van der Waals surface area contributed by atoms with E-state index < -0.39 is 18.5 Å². The van der Waals surface area contributed by atoms with Gasteiger partial charge >= 0.3 is 5.97 Å². The van der Waals surface area contributed by atoms with Crippen LogP contribution in [0.25, 0.3) is 10.9 Å². The number of nitrogens with zero attached hydrogens (tertiary/aromatic N) is 1. The number of hydrogen-bond donors (Lipinski definition) is 1. The number of halogens is 1. The Bertz CT molecular complexity index is 1340. The van der Waals surface area contributed by atoms with Crippen molar-refractivity contribution in [3.05, 3.63) is 94.6 Å². The molecule has 0 saturated carbocycles. The minimum absolute atomic E-state index is 0.403. The molecule has 7 heteroatoms. The van der Waals surface area contributed by atoms with Crippen LogP contribution in [0.2, 0.25) is 5.02 Å². The third-order valence-electron chi connectivity index (χ3n) is 5.30. The molecule has 6 nitrogen and oxygen atoms in total. The van der Waals surface area contributed by atoms with Gasteiger partial charge in [0.2, 0.25) is 0 Å². The zero-order valence-corrected chi connectivity index (χ0v) is 19.6. The maximum absolute atomic E-state index is 12.9. The van der Waals surface area contributed by atoms with Gasteiger partial charge in [-0.2, -0.15) is 0 Å². The summed E-state index contributed by atoms with van der Waals surface area (Å²) >= 11 is 5.88. The summed E-state index contributed by atoms with van der Waals surface area (Å²) in [5.41, 5.74) is 3.32. The standard InChI is InChI=1S/C27H23ClN2O4/c1-3-23-17(2)26(22-6-4-5-7-24(22)30-23)27(32)33-16-25(31)29-19-10-14-21(15-11-19)34-20-12-8-18(28)9-13-20/h4-15H,3,16H2,1-2H3,(H,29,31). The summed E-state index contributed by atoms with van der Waals surface area (Å²) in [7, 11) is 0. The Kier molecular flexibility index (Phi) is 7.09. The molecule has 0 aliphatic carbocycles. The largest absolute Gasteiger partial charge is 0.457 e. The minimum atomic E-state index is -0.548. The molecule has 0 saturated heterocycles. The monoisotopic (exact) mass is 474 g/mol. The number of aryl methyl sites for hydroxylation is 1. The SMILES string of the molecule is CCc1nc2ccccc2c(C(=O)OCC(=O)Nc2ccc(Oc3ccc(Cl)cc3)cc2)c1C. The van der Waals surface area contributed by atoms with Gasteiger partial charge in [0.05, 0.1) is 11.1 Å². The molecule has 0 radical (unpaired) electrons. The van der Waals surface area contributed by atoms with E-state index >= 15 is 0 Å². The number of para-hydroxylation sites is 1. The Morgan fingerprint density at radius 1 is 0.941 bits per heavy atom. The van der Waals surface area contributed by atoms with Crippen molar-refractivity contribution in [1.82, 2.24) is 4.98 Å². The normalized spacial score (nSPS) is 10.7. The van der Waals surface area contributed by atoms with Crippen molar-refractivity contribution in [2.24, 2.45) is 0 Å². The summed E-state index contributed by atoms with van der Waals surface area (Å²) in [5, 5.41) is 4.06. The second-order valence-electron chi connectivity index (χ2n) is 7.63. The fraction of sp³-hybridized carbons (Fsp3) is 0.148. The number of ether oxygens (including phenoxy) is 2. The number of hydrogen-bond acceptors (Lipinski definition) is 5. The maximum Gasteiger partial charge on any atom is 0.339 e. The molecule has 0 fully saturated rings. The number of aromatic nitrogens is 1. The van der Waals surface area contributed by atoms with E-state index in [1.165, 1.54) is 0 Å². The van der Waals surface area contributed by atoms with E-state index in [0.717, 1.165) is 16.8 Å². The fourth-order valence-corrected chi connectivity index (χ4v) is 3.74. The third-order valence-corrected chi connectivity index (χ3v) is 5.55. The van der Waals surface area contributed by atoms with E-state index in [2.05, 4.69) is 10.3 Å². The quantitative estimate of drug-likeness (QED) is 0.316. The molecule has 172 valence electrons. The average Bonchev–Trinajstić information content (AvgIpc) is 2.85. The summed E-state index contributed by atoms with van der Waals surface area (Å²) < 4.78 is 11.1. The molecule has 0 atom stereocenters. The average molecular weight is 475 g/mol. The van der Waals surface area contributed by atoms with Gasteiger partial charge in [0.25, 0.3) is 5.91 Å². The fourth-order valence-electron chi connectivity index (χ4n) is 3.61. The van der Waals surface area contributed by atoms with Crippen LogP contribution in [0.5, 0.6) is 11.5 Å². The molecule has 4 rings (SSSR count). The first-order chi connectivity index (χ1) is 16.4. The highest BCUT2D eigenvalue weighted by Crippen LogP contribution is 2.26. The topological polar surface area (TPSA) is 77.5 Å². The smallest absolute Gasteiger partial charge is 0.339 e. The molecule has 0 spiro atoms. The van der Waals surface area contributed by atoms with Crippen LogP contribution in [0.15, 0.2) is 72.8 Å². The highest BCUT2D eigenvalue weighted by atomic mass is 35.5. The van der Waals surface area contributed by atoms with Gasteiger partial charge in [-0.1, -0.05) is 36.7 Å². The van der Waals surface area contributed by atoms with E-state index in [1.807, 2.05) is 38.1 Å². The molecular weight excluding hydrogens is 452 g/mol. The van der Waals surface area contributed by atoms with Crippen molar-refractivity contribution in [3.8, 4) is 11.5 Å². The molecule has 0 bridgehead atoms. The molecule has 3 aromatic carbocycles. The number of benzene rings is 3. The van der Waals surface area contributed by atoms with Crippen molar-refractivity contribution in [2.75, 3.05) is 11.9 Å². The van der Waals surface area contributed by atoms with Gasteiger partial charge in [-0.05, 0) is 73.5 Å². The second-order valence-corrected chi connectivity index (χ2v) is 8.07. The zero-order chi connectivity index (χ0) is 24.1. The molecule has 0 aliphatic heterocycles. The predicted octanol–water partition coefficient (Wildman–Crippen LogP) is 6.35. The Balaban J connectivity index is 1.38. The number of carbonyl (C=O) groups excluding carboxylic acids is 2. The lowest BCUT2D eigenvalue weighted by Gasteiger charge is -2.13. The molecule has 0 unspecified atom stereocenters. The summed E-state index contributed by atoms with van der Waals surface area (Å²) in [5.74, 6) is 0.274.